The smallest absolute Gasteiger partial charge is 0.258 e. The summed E-state index contributed by atoms with van der Waals surface area (Å²) in [7, 11) is 0. The summed E-state index contributed by atoms with van der Waals surface area (Å²) in [6.07, 6.45) is 0. The Morgan fingerprint density at radius 3 is 2.39 bits per heavy atom. The van der Waals surface area contributed by atoms with E-state index in [0.29, 0.717) is 10.8 Å². The fourth-order valence-corrected chi connectivity index (χ4v) is 1.83. The number of nitrogens with one attached hydrogen (secondary N) is 1. The van der Waals surface area contributed by atoms with Crippen molar-refractivity contribution in [3.05, 3.63) is 28.3 Å². The highest BCUT2D eigenvalue weighted by molar-refractivity contribution is 6.30. The molecule has 3 N–H and O–H groups in total. The van der Waals surface area contributed by atoms with E-state index in [-0.39, 0.29) is 13.2 Å². The quantitative estimate of drug-likeness (QED) is 0.835. The maximum absolute atomic E-state index is 11.3. The first-order valence-electron chi connectivity index (χ1n) is 5.34. The number of hydrogen-bond acceptors (Lipinski definition) is 3. The van der Waals surface area contributed by atoms with E-state index < -0.39 is 11.8 Å². The number of primary amides is 1. The third kappa shape index (κ3) is 4.25. The highest BCUT2D eigenvalue weighted by Gasteiger charge is 2.09. The summed E-state index contributed by atoms with van der Waals surface area (Å²) in [6.45, 7) is 3.32. The molecule has 0 spiro atoms. The van der Waals surface area contributed by atoms with Crippen molar-refractivity contribution in [2.75, 3.05) is 13.2 Å². The number of halogens is 1. The van der Waals surface area contributed by atoms with Gasteiger partial charge < -0.3 is 15.8 Å². The molecule has 0 atom stereocenters. The maximum atomic E-state index is 11.3. The van der Waals surface area contributed by atoms with Crippen LogP contribution in [0.3, 0.4) is 0 Å². The monoisotopic (exact) mass is 270 g/mol. The first kappa shape index (κ1) is 14.3. The lowest BCUT2D eigenvalue weighted by Crippen LogP contribution is -2.36. The first-order chi connectivity index (χ1) is 8.40. The van der Waals surface area contributed by atoms with Gasteiger partial charge in [-0.15, -0.1) is 0 Å². The average molecular weight is 271 g/mol. The number of carbonyl (C=O) groups excluding carboxylic acids is 2. The number of carbonyl (C=O) groups is 2. The van der Waals surface area contributed by atoms with Gasteiger partial charge in [0, 0.05) is 5.02 Å². The fourth-order valence-electron chi connectivity index (χ4n) is 1.50. The summed E-state index contributed by atoms with van der Waals surface area (Å²) < 4.78 is 5.39. The van der Waals surface area contributed by atoms with Crippen LogP contribution < -0.4 is 15.8 Å². The Labute approximate surface area is 110 Å². The molecule has 0 saturated carbocycles. The van der Waals surface area contributed by atoms with Crippen LogP contribution in [0, 0.1) is 13.8 Å². The van der Waals surface area contributed by atoms with Gasteiger partial charge in [0.2, 0.25) is 5.91 Å². The SMILES string of the molecule is Cc1cc(Cl)cc(C)c1OCC(=O)NCC(N)=O. The zero-order valence-corrected chi connectivity index (χ0v) is 11.0. The van der Waals surface area contributed by atoms with E-state index in [9.17, 15) is 9.59 Å². The van der Waals surface area contributed by atoms with Gasteiger partial charge in [-0.1, -0.05) is 11.6 Å². The van der Waals surface area contributed by atoms with Crippen LogP contribution in [0.4, 0.5) is 0 Å². The topological polar surface area (TPSA) is 81.4 Å². The molecule has 2 amide bonds. The number of aryl methyl sites for hydroxylation is 2. The van der Waals surface area contributed by atoms with Gasteiger partial charge in [-0.2, -0.15) is 0 Å². The van der Waals surface area contributed by atoms with Crippen molar-refractivity contribution < 1.29 is 14.3 Å². The third-order valence-electron chi connectivity index (χ3n) is 2.23. The Morgan fingerprint density at radius 1 is 1.33 bits per heavy atom. The maximum Gasteiger partial charge on any atom is 0.258 e. The van der Waals surface area contributed by atoms with Crippen molar-refractivity contribution in [1.29, 1.82) is 0 Å². The Bertz CT molecular complexity index is 451. The minimum absolute atomic E-state index is 0.170. The number of benzene rings is 1. The highest BCUT2D eigenvalue weighted by atomic mass is 35.5. The lowest BCUT2D eigenvalue weighted by molar-refractivity contribution is -0.126. The van der Waals surface area contributed by atoms with Gasteiger partial charge in [0.15, 0.2) is 6.61 Å². The minimum Gasteiger partial charge on any atom is -0.483 e. The van der Waals surface area contributed by atoms with E-state index in [1.807, 2.05) is 13.8 Å². The molecule has 0 fully saturated rings. The molecule has 0 aliphatic rings. The van der Waals surface area contributed by atoms with E-state index in [0.717, 1.165) is 11.1 Å². The number of hydrogen-bond donors (Lipinski definition) is 2. The molecule has 1 aromatic rings. The van der Waals surface area contributed by atoms with Gasteiger partial charge in [0.05, 0.1) is 6.54 Å². The van der Waals surface area contributed by atoms with Crippen molar-refractivity contribution in [2.24, 2.45) is 5.73 Å². The zero-order chi connectivity index (χ0) is 13.7. The standard InChI is InChI=1S/C12H15ClN2O3/c1-7-3-9(13)4-8(2)12(7)18-6-11(17)15-5-10(14)16/h3-4H,5-6H2,1-2H3,(H2,14,16)(H,15,17). The second kappa shape index (κ2) is 6.26. The molecule has 5 nitrogen and oxygen atoms in total. The second-order valence-electron chi connectivity index (χ2n) is 3.90. The number of ether oxygens (including phenoxy) is 1. The minimum atomic E-state index is -0.595. The molecule has 0 radical (unpaired) electrons. The Hall–Kier alpha value is -1.75. The Balaban J connectivity index is 2.58. The van der Waals surface area contributed by atoms with Crippen molar-refractivity contribution in [2.45, 2.75) is 13.8 Å². The molecular weight excluding hydrogens is 256 g/mol. The summed E-state index contributed by atoms with van der Waals surface area (Å²) in [6, 6.07) is 3.51. The van der Waals surface area contributed by atoms with Crippen LogP contribution in [0.25, 0.3) is 0 Å². The van der Waals surface area contributed by atoms with Crippen LogP contribution in [0.2, 0.25) is 5.02 Å². The Kier molecular flexibility index (Phi) is 4.97. The van der Waals surface area contributed by atoms with Gasteiger partial charge in [-0.3, -0.25) is 9.59 Å². The number of rotatable bonds is 5. The van der Waals surface area contributed by atoms with E-state index in [4.69, 9.17) is 22.1 Å². The molecule has 0 unspecified atom stereocenters. The lowest BCUT2D eigenvalue weighted by atomic mass is 10.1. The van der Waals surface area contributed by atoms with Crippen molar-refractivity contribution in [3.8, 4) is 5.75 Å². The molecule has 0 aliphatic heterocycles. The van der Waals surface area contributed by atoms with E-state index in [1.54, 1.807) is 12.1 Å². The molecular formula is C12H15ClN2O3. The van der Waals surface area contributed by atoms with Crippen LogP contribution in [-0.2, 0) is 9.59 Å². The predicted octanol–water partition coefficient (Wildman–Crippen LogP) is 0.937. The molecule has 0 aliphatic carbocycles. The first-order valence-corrected chi connectivity index (χ1v) is 5.72. The normalized spacial score (nSPS) is 9.94. The molecule has 6 heteroatoms. The van der Waals surface area contributed by atoms with E-state index in [1.165, 1.54) is 0 Å². The third-order valence-corrected chi connectivity index (χ3v) is 2.45. The summed E-state index contributed by atoms with van der Waals surface area (Å²) in [5.74, 6) is -0.377. The highest BCUT2D eigenvalue weighted by Crippen LogP contribution is 2.26. The fraction of sp³-hybridized carbons (Fsp3) is 0.333. The largest absolute Gasteiger partial charge is 0.483 e. The van der Waals surface area contributed by atoms with Crippen molar-refractivity contribution in [1.82, 2.24) is 5.32 Å². The molecule has 1 rings (SSSR count). The Morgan fingerprint density at radius 2 is 1.89 bits per heavy atom. The van der Waals surface area contributed by atoms with Crippen LogP contribution in [0.15, 0.2) is 12.1 Å². The van der Waals surface area contributed by atoms with E-state index >= 15 is 0 Å². The second-order valence-corrected chi connectivity index (χ2v) is 4.34. The molecule has 98 valence electrons. The van der Waals surface area contributed by atoms with Crippen LogP contribution >= 0.6 is 11.6 Å². The molecule has 0 heterocycles. The van der Waals surface area contributed by atoms with Crippen molar-refractivity contribution >= 4 is 23.4 Å². The molecule has 0 bridgehead atoms. The van der Waals surface area contributed by atoms with Gasteiger partial charge in [0.25, 0.3) is 5.91 Å². The van der Waals surface area contributed by atoms with Crippen LogP contribution in [-0.4, -0.2) is 25.0 Å². The molecule has 18 heavy (non-hydrogen) atoms. The van der Waals surface area contributed by atoms with Gasteiger partial charge in [0.1, 0.15) is 5.75 Å². The summed E-state index contributed by atoms with van der Waals surface area (Å²) in [5.41, 5.74) is 6.60. The summed E-state index contributed by atoms with van der Waals surface area (Å²) in [4.78, 5) is 21.8. The van der Waals surface area contributed by atoms with Crippen LogP contribution in [0.5, 0.6) is 5.75 Å². The number of amides is 2. The summed E-state index contributed by atoms with van der Waals surface area (Å²) >= 11 is 5.88. The van der Waals surface area contributed by atoms with Crippen LogP contribution in [0.1, 0.15) is 11.1 Å². The predicted molar refractivity (Wildman–Crippen MR) is 68.6 cm³/mol. The summed E-state index contributed by atoms with van der Waals surface area (Å²) in [5, 5.41) is 2.96. The molecule has 0 saturated heterocycles. The van der Waals surface area contributed by atoms with Gasteiger partial charge in [-0.25, -0.2) is 0 Å². The molecule has 1 aromatic carbocycles. The van der Waals surface area contributed by atoms with Crippen molar-refractivity contribution in [3.63, 3.8) is 0 Å². The van der Waals surface area contributed by atoms with Gasteiger partial charge >= 0.3 is 0 Å². The average Bonchev–Trinajstić information content (AvgIpc) is 2.24. The lowest BCUT2D eigenvalue weighted by Gasteiger charge is -2.12. The van der Waals surface area contributed by atoms with E-state index in [2.05, 4.69) is 5.32 Å². The zero-order valence-electron chi connectivity index (χ0n) is 10.2. The molecule has 0 aromatic heterocycles. The number of nitrogens with two attached hydrogens (primary N) is 1. The van der Waals surface area contributed by atoms with Gasteiger partial charge in [-0.05, 0) is 37.1 Å².